The first-order valence-electron chi connectivity index (χ1n) is 8.04. The molecule has 9 heteroatoms. The SMILES string of the molecule is CCC(N)(CC)CNC(=O)c1cn[nH]c1-c1cccc(OC(F)F)c1.Cl. The molecular weight excluding hydrogens is 366 g/mol. The van der Waals surface area contributed by atoms with Crippen molar-refractivity contribution in [3.8, 4) is 17.0 Å². The van der Waals surface area contributed by atoms with Crippen LogP contribution in [0.15, 0.2) is 30.5 Å². The predicted molar refractivity (Wildman–Crippen MR) is 97.7 cm³/mol. The number of hydrogen-bond donors (Lipinski definition) is 3. The molecule has 1 heterocycles. The Morgan fingerprint density at radius 1 is 1.38 bits per heavy atom. The van der Waals surface area contributed by atoms with Crippen LogP contribution in [0.2, 0.25) is 0 Å². The van der Waals surface area contributed by atoms with Crippen LogP contribution < -0.4 is 15.8 Å². The molecule has 2 aromatic rings. The Bertz CT molecular complexity index is 720. The third kappa shape index (κ3) is 5.40. The van der Waals surface area contributed by atoms with E-state index in [1.807, 2.05) is 13.8 Å². The summed E-state index contributed by atoms with van der Waals surface area (Å²) in [5, 5.41) is 9.42. The highest BCUT2D eigenvalue weighted by molar-refractivity contribution is 5.99. The largest absolute Gasteiger partial charge is 0.435 e. The summed E-state index contributed by atoms with van der Waals surface area (Å²) in [5.41, 5.74) is 6.97. The third-order valence-corrected chi connectivity index (χ3v) is 4.24. The number of ether oxygens (including phenoxy) is 1. The van der Waals surface area contributed by atoms with Gasteiger partial charge < -0.3 is 15.8 Å². The molecule has 2 rings (SSSR count). The number of amides is 1. The number of nitrogens with one attached hydrogen (secondary N) is 2. The van der Waals surface area contributed by atoms with Gasteiger partial charge in [0.1, 0.15) is 5.75 Å². The molecule has 0 saturated carbocycles. The lowest BCUT2D eigenvalue weighted by atomic mass is 9.94. The van der Waals surface area contributed by atoms with E-state index in [4.69, 9.17) is 5.73 Å². The quantitative estimate of drug-likeness (QED) is 0.646. The normalized spacial score (nSPS) is 11.2. The van der Waals surface area contributed by atoms with Gasteiger partial charge in [0, 0.05) is 17.6 Å². The number of nitrogens with two attached hydrogens (primary N) is 1. The topological polar surface area (TPSA) is 93.0 Å². The van der Waals surface area contributed by atoms with Gasteiger partial charge in [0.15, 0.2) is 0 Å². The summed E-state index contributed by atoms with van der Waals surface area (Å²) in [6, 6.07) is 6.07. The number of aromatic amines is 1. The van der Waals surface area contributed by atoms with Crippen LogP contribution in [0.5, 0.6) is 5.75 Å². The molecule has 0 aliphatic heterocycles. The van der Waals surface area contributed by atoms with Crippen LogP contribution in [0, 0.1) is 0 Å². The maximum absolute atomic E-state index is 12.5. The summed E-state index contributed by atoms with van der Waals surface area (Å²) in [6.45, 7) is 1.35. The minimum Gasteiger partial charge on any atom is -0.435 e. The van der Waals surface area contributed by atoms with E-state index in [2.05, 4.69) is 20.3 Å². The van der Waals surface area contributed by atoms with E-state index < -0.39 is 12.2 Å². The van der Waals surface area contributed by atoms with Gasteiger partial charge in [-0.25, -0.2) is 0 Å². The monoisotopic (exact) mass is 388 g/mol. The Labute approximate surface area is 156 Å². The molecule has 0 radical (unpaired) electrons. The number of benzene rings is 1. The molecule has 0 aliphatic carbocycles. The lowest BCUT2D eigenvalue weighted by Gasteiger charge is -2.26. The standard InChI is InChI=1S/C17H22F2N4O2.ClH/c1-3-17(20,4-2)10-21-15(24)13-9-22-23-14(13)11-6-5-7-12(8-11)25-16(18)19;/h5-9,16H,3-4,10,20H2,1-2H3,(H,21,24)(H,22,23);1H. The molecule has 4 N–H and O–H groups in total. The first-order valence-corrected chi connectivity index (χ1v) is 8.04. The van der Waals surface area contributed by atoms with Gasteiger partial charge in [-0.05, 0) is 25.0 Å². The fourth-order valence-corrected chi connectivity index (χ4v) is 2.36. The summed E-state index contributed by atoms with van der Waals surface area (Å²) < 4.78 is 29.1. The van der Waals surface area contributed by atoms with Crippen molar-refractivity contribution in [2.75, 3.05) is 6.54 Å². The Kier molecular flexibility index (Phi) is 7.98. The highest BCUT2D eigenvalue weighted by Crippen LogP contribution is 2.26. The number of H-pyrrole nitrogens is 1. The maximum Gasteiger partial charge on any atom is 0.387 e. The Morgan fingerprint density at radius 3 is 2.69 bits per heavy atom. The van der Waals surface area contributed by atoms with Crippen molar-refractivity contribution in [1.29, 1.82) is 0 Å². The van der Waals surface area contributed by atoms with Crippen molar-refractivity contribution in [3.05, 3.63) is 36.0 Å². The first kappa shape index (κ1) is 21.9. The molecule has 0 fully saturated rings. The average molecular weight is 389 g/mol. The van der Waals surface area contributed by atoms with Crippen molar-refractivity contribution in [2.24, 2.45) is 5.73 Å². The minimum atomic E-state index is -2.92. The average Bonchev–Trinajstić information content (AvgIpc) is 3.09. The minimum absolute atomic E-state index is 0. The fraction of sp³-hybridized carbons (Fsp3) is 0.412. The van der Waals surface area contributed by atoms with E-state index in [0.29, 0.717) is 23.4 Å². The first-order chi connectivity index (χ1) is 11.9. The van der Waals surface area contributed by atoms with Gasteiger partial charge in [0.25, 0.3) is 5.91 Å². The van der Waals surface area contributed by atoms with Crippen LogP contribution in [-0.4, -0.2) is 34.8 Å². The molecular formula is C17H23ClF2N4O2. The zero-order valence-corrected chi connectivity index (χ0v) is 15.4. The van der Waals surface area contributed by atoms with Crippen LogP contribution >= 0.6 is 12.4 Å². The van der Waals surface area contributed by atoms with E-state index >= 15 is 0 Å². The van der Waals surface area contributed by atoms with E-state index in [-0.39, 0.29) is 24.1 Å². The molecule has 6 nitrogen and oxygen atoms in total. The van der Waals surface area contributed by atoms with Crippen molar-refractivity contribution in [2.45, 2.75) is 38.8 Å². The van der Waals surface area contributed by atoms with Gasteiger partial charge in [-0.1, -0.05) is 26.0 Å². The second-order valence-corrected chi connectivity index (χ2v) is 5.82. The molecule has 1 aromatic heterocycles. The number of halogens is 3. The number of aromatic nitrogens is 2. The van der Waals surface area contributed by atoms with Crippen LogP contribution in [-0.2, 0) is 0 Å². The second-order valence-electron chi connectivity index (χ2n) is 5.82. The molecule has 0 aliphatic rings. The summed E-state index contributed by atoms with van der Waals surface area (Å²) in [5.74, 6) is -0.327. The fourth-order valence-electron chi connectivity index (χ4n) is 2.36. The van der Waals surface area contributed by atoms with Gasteiger partial charge in [-0.2, -0.15) is 13.9 Å². The van der Waals surface area contributed by atoms with Gasteiger partial charge in [0.05, 0.1) is 17.5 Å². The van der Waals surface area contributed by atoms with Crippen LogP contribution in [0.3, 0.4) is 0 Å². The van der Waals surface area contributed by atoms with Gasteiger partial charge in [0.2, 0.25) is 0 Å². The summed E-state index contributed by atoms with van der Waals surface area (Å²) >= 11 is 0. The Morgan fingerprint density at radius 2 is 2.08 bits per heavy atom. The molecule has 0 bridgehead atoms. The molecule has 0 unspecified atom stereocenters. The van der Waals surface area contributed by atoms with E-state index in [0.717, 1.165) is 12.8 Å². The molecule has 0 saturated heterocycles. The second kappa shape index (κ2) is 9.49. The highest BCUT2D eigenvalue weighted by Gasteiger charge is 2.23. The van der Waals surface area contributed by atoms with Crippen molar-refractivity contribution >= 4 is 18.3 Å². The molecule has 1 amide bonds. The van der Waals surface area contributed by atoms with E-state index in [1.54, 1.807) is 12.1 Å². The molecule has 26 heavy (non-hydrogen) atoms. The summed E-state index contributed by atoms with van der Waals surface area (Å²) in [6.07, 6.45) is 2.85. The van der Waals surface area contributed by atoms with Crippen molar-refractivity contribution in [1.82, 2.24) is 15.5 Å². The number of carbonyl (C=O) groups is 1. The molecule has 0 atom stereocenters. The zero-order chi connectivity index (χ0) is 18.4. The Hall–Kier alpha value is -2.19. The highest BCUT2D eigenvalue weighted by atomic mass is 35.5. The van der Waals surface area contributed by atoms with Crippen molar-refractivity contribution in [3.63, 3.8) is 0 Å². The number of carbonyl (C=O) groups excluding carboxylic acids is 1. The van der Waals surface area contributed by atoms with Crippen LogP contribution in [0.25, 0.3) is 11.3 Å². The molecule has 144 valence electrons. The third-order valence-electron chi connectivity index (χ3n) is 4.24. The maximum atomic E-state index is 12.5. The Balaban J connectivity index is 0.00000338. The summed E-state index contributed by atoms with van der Waals surface area (Å²) in [7, 11) is 0. The summed E-state index contributed by atoms with van der Waals surface area (Å²) in [4.78, 5) is 12.5. The number of rotatable bonds is 8. The number of nitrogens with zero attached hydrogens (tertiary/aromatic N) is 1. The smallest absolute Gasteiger partial charge is 0.387 e. The van der Waals surface area contributed by atoms with Gasteiger partial charge >= 0.3 is 6.61 Å². The molecule has 0 spiro atoms. The lowest BCUT2D eigenvalue weighted by molar-refractivity contribution is -0.0498. The van der Waals surface area contributed by atoms with Gasteiger partial charge in [-0.3, -0.25) is 9.89 Å². The zero-order valence-electron chi connectivity index (χ0n) is 14.6. The number of hydrogen-bond acceptors (Lipinski definition) is 4. The van der Waals surface area contributed by atoms with Crippen LogP contribution in [0.4, 0.5) is 8.78 Å². The van der Waals surface area contributed by atoms with E-state index in [9.17, 15) is 13.6 Å². The molecule has 1 aromatic carbocycles. The number of alkyl halides is 2. The lowest BCUT2D eigenvalue weighted by Crippen LogP contribution is -2.49. The van der Waals surface area contributed by atoms with E-state index in [1.165, 1.54) is 18.3 Å². The van der Waals surface area contributed by atoms with Gasteiger partial charge in [-0.15, -0.1) is 12.4 Å². The van der Waals surface area contributed by atoms with Crippen LogP contribution in [0.1, 0.15) is 37.0 Å². The predicted octanol–water partition coefficient (Wildman–Crippen LogP) is 3.35. The van der Waals surface area contributed by atoms with Crippen molar-refractivity contribution < 1.29 is 18.3 Å².